The van der Waals surface area contributed by atoms with Gasteiger partial charge in [0.25, 0.3) is 0 Å². The minimum Gasteiger partial charge on any atom is -0.497 e. The molecule has 1 atom stereocenters. The fraction of sp³-hybridized carbons (Fsp3) is 0.414. The molecule has 1 unspecified atom stereocenters. The molecule has 1 amide bonds. The van der Waals surface area contributed by atoms with Crippen LogP contribution < -0.4 is 20.6 Å². The van der Waals surface area contributed by atoms with Crippen molar-refractivity contribution in [2.75, 3.05) is 40.9 Å². The van der Waals surface area contributed by atoms with E-state index in [2.05, 4.69) is 43.9 Å². The van der Waals surface area contributed by atoms with Crippen LogP contribution in [0.5, 0.6) is 11.5 Å². The molecular formula is C29H45N5O3. The molecule has 2 aromatic rings. The van der Waals surface area contributed by atoms with E-state index in [1.165, 1.54) is 6.42 Å². The van der Waals surface area contributed by atoms with Crippen molar-refractivity contribution in [2.45, 2.75) is 39.5 Å². The van der Waals surface area contributed by atoms with Crippen molar-refractivity contribution in [3.63, 3.8) is 0 Å². The van der Waals surface area contributed by atoms with E-state index in [0.29, 0.717) is 26.2 Å². The molecule has 1 saturated heterocycles. The Morgan fingerprint density at radius 3 is 2.00 bits per heavy atom. The molecule has 1 heterocycles. The van der Waals surface area contributed by atoms with Gasteiger partial charge in [-0.05, 0) is 35.4 Å². The van der Waals surface area contributed by atoms with Crippen LogP contribution in [0.15, 0.2) is 74.0 Å². The third kappa shape index (κ3) is 10.7. The van der Waals surface area contributed by atoms with Crippen molar-refractivity contribution >= 4 is 5.91 Å². The first-order valence-electron chi connectivity index (χ1n) is 12.5. The lowest BCUT2D eigenvalue weighted by molar-refractivity contribution is -0.136. The summed E-state index contributed by atoms with van der Waals surface area (Å²) in [5, 5.41) is 1.78. The minimum absolute atomic E-state index is 0.0347. The van der Waals surface area contributed by atoms with E-state index in [9.17, 15) is 4.79 Å². The number of nitrogens with one attached hydrogen (secondary N) is 1. The summed E-state index contributed by atoms with van der Waals surface area (Å²) in [6.07, 6.45) is 0.862. The Labute approximate surface area is 223 Å². The Balaban J connectivity index is 0.00000127. The van der Waals surface area contributed by atoms with Crippen molar-refractivity contribution in [2.24, 2.45) is 5.73 Å². The highest BCUT2D eigenvalue weighted by molar-refractivity contribution is 5.79. The van der Waals surface area contributed by atoms with Crippen LogP contribution in [0, 0.1) is 0 Å². The molecule has 1 aliphatic rings. The summed E-state index contributed by atoms with van der Waals surface area (Å²) in [7, 11) is 5.14. The Morgan fingerprint density at radius 2 is 1.51 bits per heavy atom. The van der Waals surface area contributed by atoms with Crippen molar-refractivity contribution in [3.8, 4) is 11.5 Å². The van der Waals surface area contributed by atoms with Gasteiger partial charge in [-0.2, -0.15) is 0 Å². The first-order valence-corrected chi connectivity index (χ1v) is 12.5. The third-order valence-corrected chi connectivity index (χ3v) is 5.55. The van der Waals surface area contributed by atoms with E-state index >= 15 is 0 Å². The van der Waals surface area contributed by atoms with E-state index in [1.807, 2.05) is 55.6 Å². The number of carbonyl (C=O) groups excluding carboxylic acids is 1. The largest absolute Gasteiger partial charge is 0.497 e. The van der Waals surface area contributed by atoms with Crippen LogP contribution in [0.4, 0.5) is 0 Å². The fourth-order valence-corrected chi connectivity index (χ4v) is 3.59. The van der Waals surface area contributed by atoms with Gasteiger partial charge in [0.2, 0.25) is 5.91 Å². The molecule has 0 radical (unpaired) electrons. The second-order valence-corrected chi connectivity index (χ2v) is 8.63. The third-order valence-electron chi connectivity index (χ3n) is 5.55. The minimum atomic E-state index is -0.388. The van der Waals surface area contributed by atoms with Crippen LogP contribution in [0.25, 0.3) is 0 Å². The lowest BCUT2D eigenvalue weighted by atomic mass is 10.1. The molecule has 0 bridgehead atoms. The predicted octanol–water partition coefficient (Wildman–Crippen LogP) is 4.00. The molecule has 0 saturated carbocycles. The van der Waals surface area contributed by atoms with Crippen LogP contribution in [0.1, 0.15) is 31.4 Å². The van der Waals surface area contributed by atoms with Gasteiger partial charge in [-0.1, -0.05) is 51.1 Å². The fourth-order valence-electron chi connectivity index (χ4n) is 3.59. The van der Waals surface area contributed by atoms with Crippen molar-refractivity contribution < 1.29 is 14.3 Å². The van der Waals surface area contributed by atoms with Gasteiger partial charge < -0.3 is 25.0 Å². The number of hydrogen-bond donors (Lipinski definition) is 2. The number of ether oxygens (including phenoxy) is 2. The zero-order valence-corrected chi connectivity index (χ0v) is 23.2. The molecule has 3 rings (SSSR count). The molecular weight excluding hydrogens is 466 g/mol. The van der Waals surface area contributed by atoms with E-state index in [4.69, 9.17) is 15.2 Å². The first kappa shape index (κ1) is 31.7. The smallest absolute Gasteiger partial charge is 0.239 e. The van der Waals surface area contributed by atoms with Crippen LogP contribution in [0.3, 0.4) is 0 Å². The summed E-state index contributed by atoms with van der Waals surface area (Å²) in [4.78, 5) is 16.7. The molecule has 37 heavy (non-hydrogen) atoms. The standard InChI is InChI=1S/C24H33N5O3.C3H8.C2H4/c1-18-14-29(23(25)16-28(18)15-20-7-11-22(32-4)12-8-20)24(30)17-27(2)26-13-19-5-9-21(31-3)10-6-19;1-3-2;1-2/h5-12,23,26H,1,13-17,25H2,2-4H3;3H2,1-2H3;1-2H2. The van der Waals surface area contributed by atoms with Gasteiger partial charge in [0, 0.05) is 25.8 Å². The second-order valence-electron chi connectivity index (χ2n) is 8.63. The van der Waals surface area contributed by atoms with Gasteiger partial charge in [0.1, 0.15) is 11.5 Å². The Kier molecular flexibility index (Phi) is 14.7. The van der Waals surface area contributed by atoms with E-state index < -0.39 is 0 Å². The molecule has 8 nitrogen and oxygen atoms in total. The van der Waals surface area contributed by atoms with E-state index in [0.717, 1.165) is 28.3 Å². The summed E-state index contributed by atoms with van der Waals surface area (Å²) in [5.41, 5.74) is 12.7. The highest BCUT2D eigenvalue weighted by Gasteiger charge is 2.30. The maximum absolute atomic E-state index is 12.9. The van der Waals surface area contributed by atoms with Crippen molar-refractivity contribution in [1.82, 2.24) is 20.2 Å². The molecule has 0 spiro atoms. The number of likely N-dealkylation sites (N-methyl/N-ethyl adjacent to an activating group) is 1. The highest BCUT2D eigenvalue weighted by atomic mass is 16.5. The van der Waals surface area contributed by atoms with Crippen LogP contribution in [-0.4, -0.2) is 67.8 Å². The number of rotatable bonds is 9. The number of amides is 1. The molecule has 0 aromatic heterocycles. The number of hydrazine groups is 1. The summed E-state index contributed by atoms with van der Waals surface area (Å²) in [6.45, 7) is 16.9. The predicted molar refractivity (Wildman–Crippen MR) is 152 cm³/mol. The number of piperazine rings is 1. The lowest BCUT2D eigenvalue weighted by Crippen LogP contribution is -2.59. The van der Waals surface area contributed by atoms with Crippen molar-refractivity contribution in [1.29, 1.82) is 0 Å². The zero-order chi connectivity index (χ0) is 27.8. The number of benzene rings is 2. The highest BCUT2D eigenvalue weighted by Crippen LogP contribution is 2.20. The number of methoxy groups -OCH3 is 2. The number of carbonyl (C=O) groups is 1. The average molecular weight is 512 g/mol. The summed E-state index contributed by atoms with van der Waals surface area (Å²) < 4.78 is 10.4. The zero-order valence-electron chi connectivity index (χ0n) is 23.2. The quantitative estimate of drug-likeness (QED) is 0.389. The molecule has 2 aromatic carbocycles. The van der Waals surface area contributed by atoms with Gasteiger partial charge in [0.15, 0.2) is 0 Å². The SMILES string of the molecule is C=C.C=C1CN(C(=O)CN(C)NCc2ccc(OC)cc2)C(N)CN1Cc1ccc(OC)cc1.CCC. The van der Waals surface area contributed by atoms with Gasteiger partial charge in [-0.25, -0.2) is 5.01 Å². The Morgan fingerprint density at radius 1 is 1.03 bits per heavy atom. The van der Waals surface area contributed by atoms with E-state index in [1.54, 1.807) is 24.1 Å². The van der Waals surface area contributed by atoms with Crippen LogP contribution >= 0.6 is 0 Å². The summed E-state index contributed by atoms with van der Waals surface area (Å²) >= 11 is 0. The van der Waals surface area contributed by atoms with Gasteiger partial charge in [-0.15, -0.1) is 13.2 Å². The van der Waals surface area contributed by atoms with Crippen LogP contribution in [0.2, 0.25) is 0 Å². The van der Waals surface area contributed by atoms with Crippen LogP contribution in [-0.2, 0) is 17.9 Å². The molecule has 0 aliphatic carbocycles. The van der Waals surface area contributed by atoms with Gasteiger partial charge in [-0.3, -0.25) is 10.2 Å². The van der Waals surface area contributed by atoms with E-state index in [-0.39, 0.29) is 18.6 Å². The van der Waals surface area contributed by atoms with Crippen molar-refractivity contribution in [3.05, 3.63) is 85.1 Å². The first-order chi connectivity index (χ1) is 17.8. The monoisotopic (exact) mass is 511 g/mol. The maximum Gasteiger partial charge on any atom is 0.239 e. The van der Waals surface area contributed by atoms with Gasteiger partial charge >= 0.3 is 0 Å². The number of nitrogens with two attached hydrogens (primary N) is 1. The number of nitrogens with zero attached hydrogens (tertiary/aromatic N) is 3. The Hall–Kier alpha value is -3.33. The lowest BCUT2D eigenvalue weighted by Gasteiger charge is -2.42. The summed E-state index contributed by atoms with van der Waals surface area (Å²) in [5.74, 6) is 1.61. The maximum atomic E-state index is 12.9. The molecule has 1 aliphatic heterocycles. The molecule has 204 valence electrons. The Bertz CT molecular complexity index is 934. The van der Waals surface area contributed by atoms with Gasteiger partial charge in [0.05, 0.1) is 40.0 Å². The number of hydrogen-bond acceptors (Lipinski definition) is 7. The second kappa shape index (κ2) is 17.2. The normalized spacial score (nSPS) is 14.8. The topological polar surface area (TPSA) is 83.3 Å². The molecule has 8 heteroatoms. The molecule has 1 fully saturated rings. The summed E-state index contributed by atoms with van der Waals surface area (Å²) in [6, 6.07) is 15.7. The molecule has 3 N–H and O–H groups in total. The average Bonchev–Trinajstić information content (AvgIpc) is 2.91.